The lowest BCUT2D eigenvalue weighted by atomic mass is 9.99. The van der Waals surface area contributed by atoms with Gasteiger partial charge in [0.15, 0.2) is 6.61 Å². The minimum atomic E-state index is -0.749. The van der Waals surface area contributed by atoms with E-state index in [-0.39, 0.29) is 11.7 Å². The number of ether oxygens (including phenoxy) is 2. The van der Waals surface area contributed by atoms with Gasteiger partial charge in [-0.05, 0) is 31.4 Å². The van der Waals surface area contributed by atoms with Gasteiger partial charge in [0.25, 0.3) is 5.91 Å². The van der Waals surface area contributed by atoms with Crippen molar-refractivity contribution in [1.82, 2.24) is 5.32 Å². The second-order valence-electron chi connectivity index (χ2n) is 6.17. The molecule has 1 aromatic carbocycles. The van der Waals surface area contributed by atoms with E-state index in [1.54, 1.807) is 0 Å². The van der Waals surface area contributed by atoms with Crippen molar-refractivity contribution in [3.8, 4) is 0 Å². The molecule has 0 aliphatic rings. The van der Waals surface area contributed by atoms with Crippen LogP contribution in [0, 0.1) is 19.8 Å². The maximum atomic E-state index is 12.0. The first-order valence-electron chi connectivity index (χ1n) is 8.51. The molecule has 26 heavy (non-hydrogen) atoms. The molecule has 0 radical (unpaired) electrons. The van der Waals surface area contributed by atoms with E-state index in [1.807, 2.05) is 45.9 Å². The van der Waals surface area contributed by atoms with Gasteiger partial charge >= 0.3 is 11.9 Å². The summed E-state index contributed by atoms with van der Waals surface area (Å²) in [6.07, 6.45) is 0.701. The number of methoxy groups -OCH3 is 1. The SMILES string of the molecule is CC[C@@H](C)[C@@H](NC(=O)COC(=O)CSc1ccc(C)cc1C)C(=O)OC. The summed E-state index contributed by atoms with van der Waals surface area (Å²) in [5.74, 6) is -1.48. The van der Waals surface area contributed by atoms with Crippen LogP contribution in [-0.4, -0.2) is 43.4 Å². The van der Waals surface area contributed by atoms with E-state index in [1.165, 1.54) is 18.9 Å². The Balaban J connectivity index is 2.45. The predicted octanol–water partition coefficient (Wildman–Crippen LogP) is 2.64. The highest BCUT2D eigenvalue weighted by Crippen LogP contribution is 2.23. The van der Waals surface area contributed by atoms with E-state index in [4.69, 9.17) is 9.47 Å². The normalized spacial score (nSPS) is 12.8. The van der Waals surface area contributed by atoms with Gasteiger partial charge in [0.1, 0.15) is 6.04 Å². The summed E-state index contributed by atoms with van der Waals surface area (Å²) in [4.78, 5) is 36.6. The van der Waals surface area contributed by atoms with Crippen molar-refractivity contribution >= 4 is 29.6 Å². The first-order valence-corrected chi connectivity index (χ1v) is 9.49. The number of thioether (sulfide) groups is 1. The topological polar surface area (TPSA) is 81.7 Å². The first-order chi connectivity index (χ1) is 12.3. The van der Waals surface area contributed by atoms with Gasteiger partial charge in [-0.2, -0.15) is 0 Å². The molecule has 0 saturated heterocycles. The van der Waals surface area contributed by atoms with Crippen LogP contribution < -0.4 is 5.32 Å². The monoisotopic (exact) mass is 381 g/mol. The fraction of sp³-hybridized carbons (Fsp3) is 0.526. The minimum Gasteiger partial charge on any atom is -0.467 e. The van der Waals surface area contributed by atoms with Crippen LogP contribution in [0.25, 0.3) is 0 Å². The summed E-state index contributed by atoms with van der Waals surface area (Å²) in [5.41, 5.74) is 2.25. The van der Waals surface area contributed by atoms with E-state index in [0.29, 0.717) is 6.42 Å². The Morgan fingerprint density at radius 1 is 1.23 bits per heavy atom. The lowest BCUT2D eigenvalue weighted by molar-refractivity contribution is -0.149. The van der Waals surface area contributed by atoms with Crippen LogP contribution in [0.15, 0.2) is 23.1 Å². The van der Waals surface area contributed by atoms with Crippen molar-refractivity contribution < 1.29 is 23.9 Å². The number of rotatable bonds is 9. The molecule has 0 fully saturated rings. The molecule has 0 bridgehead atoms. The number of nitrogens with one attached hydrogen (secondary N) is 1. The van der Waals surface area contributed by atoms with Gasteiger partial charge in [-0.25, -0.2) is 4.79 Å². The standard InChI is InChI=1S/C19H27NO5S/c1-6-13(3)18(19(23)24-5)20-16(21)10-25-17(22)11-26-15-8-7-12(2)9-14(15)4/h7-9,13,18H,6,10-11H2,1-5H3,(H,20,21)/t13-,18-/m1/s1. The Morgan fingerprint density at radius 2 is 1.92 bits per heavy atom. The molecule has 7 heteroatoms. The van der Waals surface area contributed by atoms with Gasteiger partial charge in [-0.3, -0.25) is 9.59 Å². The largest absolute Gasteiger partial charge is 0.467 e. The Kier molecular flexibility index (Phi) is 9.19. The van der Waals surface area contributed by atoms with Crippen LogP contribution >= 0.6 is 11.8 Å². The fourth-order valence-corrected chi connectivity index (χ4v) is 3.10. The Labute approximate surface area is 159 Å². The molecule has 144 valence electrons. The zero-order chi connectivity index (χ0) is 19.7. The molecule has 0 unspecified atom stereocenters. The van der Waals surface area contributed by atoms with Gasteiger partial charge in [0.2, 0.25) is 0 Å². The van der Waals surface area contributed by atoms with Crippen LogP contribution in [-0.2, 0) is 23.9 Å². The zero-order valence-corrected chi connectivity index (χ0v) is 16.8. The molecule has 6 nitrogen and oxygen atoms in total. The second kappa shape index (κ2) is 10.9. The molecule has 1 aromatic rings. The van der Waals surface area contributed by atoms with E-state index in [0.717, 1.165) is 16.0 Å². The summed E-state index contributed by atoms with van der Waals surface area (Å²) < 4.78 is 9.70. The van der Waals surface area contributed by atoms with Crippen molar-refractivity contribution in [2.75, 3.05) is 19.5 Å². The molecular formula is C19H27NO5S. The molecule has 0 heterocycles. The highest BCUT2D eigenvalue weighted by atomic mass is 32.2. The Bertz CT molecular complexity index is 647. The number of hydrogen-bond acceptors (Lipinski definition) is 6. The van der Waals surface area contributed by atoms with Crippen molar-refractivity contribution in [3.63, 3.8) is 0 Å². The summed E-state index contributed by atoms with van der Waals surface area (Å²) in [6.45, 7) is 7.33. The Hall–Kier alpha value is -2.02. The number of carbonyl (C=O) groups excluding carboxylic acids is 3. The molecule has 1 N–H and O–H groups in total. The van der Waals surface area contributed by atoms with Gasteiger partial charge in [-0.1, -0.05) is 38.0 Å². The lowest BCUT2D eigenvalue weighted by Crippen LogP contribution is -2.47. The van der Waals surface area contributed by atoms with Crippen LogP contribution in [0.5, 0.6) is 0 Å². The zero-order valence-electron chi connectivity index (χ0n) is 16.0. The van der Waals surface area contributed by atoms with E-state index in [2.05, 4.69) is 5.32 Å². The van der Waals surface area contributed by atoms with Crippen molar-refractivity contribution in [1.29, 1.82) is 0 Å². The van der Waals surface area contributed by atoms with Crippen LogP contribution in [0.3, 0.4) is 0 Å². The smallest absolute Gasteiger partial charge is 0.328 e. The van der Waals surface area contributed by atoms with Crippen LogP contribution in [0.1, 0.15) is 31.4 Å². The quantitative estimate of drug-likeness (QED) is 0.523. The number of hydrogen-bond donors (Lipinski definition) is 1. The van der Waals surface area contributed by atoms with Crippen molar-refractivity contribution in [2.24, 2.45) is 5.92 Å². The molecule has 1 amide bonds. The van der Waals surface area contributed by atoms with Crippen molar-refractivity contribution in [3.05, 3.63) is 29.3 Å². The first kappa shape index (κ1) is 22.0. The minimum absolute atomic E-state index is 0.0813. The third-order valence-corrected chi connectivity index (χ3v) is 5.17. The van der Waals surface area contributed by atoms with Crippen molar-refractivity contribution in [2.45, 2.75) is 45.1 Å². The maximum absolute atomic E-state index is 12.0. The van der Waals surface area contributed by atoms with Gasteiger partial charge in [0, 0.05) is 4.90 Å². The summed E-state index contributed by atoms with van der Waals surface area (Å²) in [7, 11) is 1.27. The number of benzene rings is 1. The highest BCUT2D eigenvalue weighted by molar-refractivity contribution is 8.00. The number of amides is 1. The number of carbonyl (C=O) groups is 3. The van der Waals surface area contributed by atoms with Gasteiger partial charge in [-0.15, -0.1) is 11.8 Å². The predicted molar refractivity (Wildman–Crippen MR) is 101 cm³/mol. The molecule has 0 spiro atoms. The molecule has 0 aliphatic heterocycles. The lowest BCUT2D eigenvalue weighted by Gasteiger charge is -2.21. The third kappa shape index (κ3) is 7.07. The van der Waals surface area contributed by atoms with Gasteiger partial charge < -0.3 is 14.8 Å². The number of aryl methyl sites for hydroxylation is 2. The molecule has 2 atom stereocenters. The maximum Gasteiger partial charge on any atom is 0.328 e. The summed E-state index contributed by atoms with van der Waals surface area (Å²) in [6, 6.07) is 5.24. The van der Waals surface area contributed by atoms with Gasteiger partial charge in [0.05, 0.1) is 12.9 Å². The summed E-state index contributed by atoms with van der Waals surface area (Å²) in [5, 5.41) is 2.57. The molecule has 0 aromatic heterocycles. The molecule has 1 rings (SSSR count). The fourth-order valence-electron chi connectivity index (χ4n) is 2.30. The summed E-state index contributed by atoms with van der Waals surface area (Å²) >= 11 is 1.37. The average molecular weight is 381 g/mol. The number of esters is 2. The third-order valence-electron chi connectivity index (χ3n) is 4.02. The highest BCUT2D eigenvalue weighted by Gasteiger charge is 2.26. The van der Waals surface area contributed by atoms with E-state index < -0.39 is 30.5 Å². The average Bonchev–Trinajstić information content (AvgIpc) is 2.62. The molecular weight excluding hydrogens is 354 g/mol. The molecule has 0 saturated carbocycles. The van der Waals surface area contributed by atoms with Crippen LogP contribution in [0.4, 0.5) is 0 Å². The van der Waals surface area contributed by atoms with E-state index >= 15 is 0 Å². The second-order valence-corrected chi connectivity index (χ2v) is 7.19. The Morgan fingerprint density at radius 3 is 2.50 bits per heavy atom. The van der Waals surface area contributed by atoms with E-state index in [9.17, 15) is 14.4 Å². The molecule has 0 aliphatic carbocycles. The van der Waals surface area contributed by atoms with Crippen LogP contribution in [0.2, 0.25) is 0 Å².